The van der Waals surface area contributed by atoms with Crippen molar-refractivity contribution in [3.05, 3.63) is 29.8 Å². The fraction of sp³-hybridized carbons (Fsp3) is 0.636. The van der Waals surface area contributed by atoms with Gasteiger partial charge >= 0.3 is 6.03 Å². The number of carbonyl (C=O) groups excluding carboxylic acids is 1. The van der Waals surface area contributed by atoms with E-state index in [1.54, 1.807) is 0 Å². The number of benzene rings is 1. The van der Waals surface area contributed by atoms with Crippen molar-refractivity contribution in [2.75, 3.05) is 25.0 Å². The van der Waals surface area contributed by atoms with Crippen molar-refractivity contribution in [1.29, 1.82) is 0 Å². The van der Waals surface area contributed by atoms with Crippen LogP contribution < -0.4 is 21.3 Å². The van der Waals surface area contributed by atoms with Crippen LogP contribution in [0.3, 0.4) is 0 Å². The molecule has 0 fully saturated rings. The topological polar surface area (TPSA) is 80.8 Å². The lowest BCUT2D eigenvalue weighted by atomic mass is 10.2. The van der Waals surface area contributed by atoms with E-state index >= 15 is 0 Å². The highest BCUT2D eigenvalue weighted by molar-refractivity contribution is 14.0. The first-order chi connectivity index (χ1) is 13.7. The Bertz CT molecular complexity index is 623. The van der Waals surface area contributed by atoms with E-state index in [1.807, 2.05) is 38.1 Å². The smallest absolute Gasteiger partial charge is 0.319 e. The Kier molecular flexibility index (Phi) is 14.5. The van der Waals surface area contributed by atoms with Gasteiger partial charge in [0.05, 0.1) is 6.54 Å². The molecule has 4 N–H and O–H groups in total. The van der Waals surface area contributed by atoms with Crippen LogP contribution in [-0.4, -0.2) is 54.7 Å². The van der Waals surface area contributed by atoms with Gasteiger partial charge in [0.2, 0.25) is 0 Å². The molecule has 1 rings (SSSR count). The van der Waals surface area contributed by atoms with Crippen molar-refractivity contribution in [3.8, 4) is 0 Å². The minimum Gasteiger partial charge on any atom is -0.357 e. The van der Waals surface area contributed by atoms with Gasteiger partial charge in [-0.3, -0.25) is 4.90 Å². The lowest BCUT2D eigenvalue weighted by molar-refractivity contribution is 0.178. The second kappa shape index (κ2) is 15.3. The number of rotatable bonds is 10. The first-order valence-corrected chi connectivity index (χ1v) is 10.7. The van der Waals surface area contributed by atoms with Crippen LogP contribution in [0, 0.1) is 0 Å². The molecule has 0 saturated heterocycles. The van der Waals surface area contributed by atoms with Gasteiger partial charge < -0.3 is 21.3 Å². The minimum atomic E-state index is -0.193. The third-order valence-electron chi connectivity index (χ3n) is 4.38. The normalized spacial score (nSPS) is 11.6. The van der Waals surface area contributed by atoms with Crippen molar-refractivity contribution in [1.82, 2.24) is 20.9 Å². The number of anilines is 1. The number of aliphatic imine (C=N–C) groups is 1. The molecule has 2 amide bonds. The molecule has 0 saturated carbocycles. The molecule has 8 heteroatoms. The van der Waals surface area contributed by atoms with E-state index in [-0.39, 0.29) is 36.0 Å². The van der Waals surface area contributed by atoms with Crippen molar-refractivity contribution in [2.45, 2.75) is 73.1 Å². The first kappa shape index (κ1) is 28.5. The van der Waals surface area contributed by atoms with Gasteiger partial charge in [0.25, 0.3) is 0 Å². The Hall–Kier alpha value is -1.55. The molecule has 0 radical (unpaired) electrons. The van der Waals surface area contributed by atoms with Gasteiger partial charge in [0.15, 0.2) is 5.96 Å². The molecule has 0 aliphatic rings. The van der Waals surface area contributed by atoms with Crippen LogP contribution in [-0.2, 0) is 6.54 Å². The van der Waals surface area contributed by atoms with Crippen LogP contribution >= 0.6 is 24.0 Å². The standard InChI is InChI=1S/C22H40N6O.HI/c1-8-23-21(24-13-14-28(17(4)5)18(6)7)25-15-19-9-11-20(12-10-19)27-22(29)26-16(2)3;/h9-12,16-18H,8,13-15H2,1-7H3,(H2,23,24,25)(H2,26,27,29);1H. The van der Waals surface area contributed by atoms with E-state index in [2.05, 4.69) is 65.8 Å². The molecule has 30 heavy (non-hydrogen) atoms. The largest absolute Gasteiger partial charge is 0.357 e. The minimum absolute atomic E-state index is 0. The summed E-state index contributed by atoms with van der Waals surface area (Å²) in [6.07, 6.45) is 0. The highest BCUT2D eigenvalue weighted by atomic mass is 127. The van der Waals surface area contributed by atoms with E-state index in [9.17, 15) is 4.79 Å². The Morgan fingerprint density at radius 1 is 1.00 bits per heavy atom. The maximum atomic E-state index is 11.8. The fourth-order valence-corrected chi connectivity index (χ4v) is 3.05. The first-order valence-electron chi connectivity index (χ1n) is 10.7. The Labute approximate surface area is 199 Å². The van der Waals surface area contributed by atoms with E-state index < -0.39 is 0 Å². The number of halogens is 1. The summed E-state index contributed by atoms with van der Waals surface area (Å²) in [6.45, 7) is 18.0. The molecular formula is C22H41IN6O. The molecule has 0 aliphatic carbocycles. The van der Waals surface area contributed by atoms with Gasteiger partial charge in [-0.2, -0.15) is 0 Å². The third kappa shape index (κ3) is 11.6. The zero-order chi connectivity index (χ0) is 21.8. The number of nitrogens with one attached hydrogen (secondary N) is 4. The highest BCUT2D eigenvalue weighted by Gasteiger charge is 2.12. The van der Waals surface area contributed by atoms with Crippen molar-refractivity contribution in [3.63, 3.8) is 0 Å². The summed E-state index contributed by atoms with van der Waals surface area (Å²) in [6, 6.07) is 8.71. The van der Waals surface area contributed by atoms with E-state index in [1.165, 1.54) is 0 Å². The molecule has 1 aromatic rings. The zero-order valence-electron chi connectivity index (χ0n) is 19.6. The second-order valence-corrected chi connectivity index (χ2v) is 8.00. The summed E-state index contributed by atoms with van der Waals surface area (Å²) in [7, 11) is 0. The Morgan fingerprint density at radius 2 is 1.60 bits per heavy atom. The maximum absolute atomic E-state index is 11.8. The number of guanidine groups is 1. The summed E-state index contributed by atoms with van der Waals surface area (Å²) in [5.41, 5.74) is 1.85. The van der Waals surface area contributed by atoms with Crippen LogP contribution in [0.1, 0.15) is 54.0 Å². The molecule has 0 atom stereocenters. The molecule has 172 valence electrons. The number of hydrogen-bond donors (Lipinski definition) is 4. The van der Waals surface area contributed by atoms with Gasteiger partial charge in [-0.05, 0) is 66.2 Å². The molecule has 0 aliphatic heterocycles. The summed E-state index contributed by atoms with van der Waals surface area (Å²) in [5, 5.41) is 12.4. The van der Waals surface area contributed by atoms with Gasteiger partial charge in [-0.1, -0.05) is 12.1 Å². The van der Waals surface area contributed by atoms with Crippen molar-refractivity contribution >= 4 is 41.7 Å². The van der Waals surface area contributed by atoms with Crippen LogP contribution in [0.25, 0.3) is 0 Å². The number of carbonyl (C=O) groups is 1. The molecule has 0 aromatic heterocycles. The van der Waals surface area contributed by atoms with Crippen LogP contribution in [0.4, 0.5) is 10.5 Å². The number of amides is 2. The second-order valence-electron chi connectivity index (χ2n) is 8.00. The SMILES string of the molecule is CCNC(=NCc1ccc(NC(=O)NC(C)C)cc1)NCCN(C(C)C)C(C)C.I. The van der Waals surface area contributed by atoms with Crippen molar-refractivity contribution < 1.29 is 4.79 Å². The fourth-order valence-electron chi connectivity index (χ4n) is 3.05. The molecule has 0 unspecified atom stereocenters. The predicted octanol–water partition coefficient (Wildman–Crippen LogP) is 4.01. The summed E-state index contributed by atoms with van der Waals surface area (Å²) in [5.74, 6) is 0.818. The quantitative estimate of drug-likeness (QED) is 0.209. The molecule has 0 heterocycles. The van der Waals surface area contributed by atoms with E-state index in [4.69, 9.17) is 0 Å². The maximum Gasteiger partial charge on any atom is 0.319 e. The molecule has 0 spiro atoms. The summed E-state index contributed by atoms with van der Waals surface area (Å²) < 4.78 is 0. The Balaban J connectivity index is 0.00000841. The van der Waals surface area contributed by atoms with Crippen LogP contribution in [0.15, 0.2) is 29.3 Å². The molecule has 7 nitrogen and oxygen atoms in total. The average molecular weight is 533 g/mol. The van der Waals surface area contributed by atoms with Crippen molar-refractivity contribution in [2.24, 2.45) is 4.99 Å². The van der Waals surface area contributed by atoms with Gasteiger partial charge in [0, 0.05) is 43.4 Å². The Morgan fingerprint density at radius 3 is 2.10 bits per heavy atom. The number of nitrogens with zero attached hydrogens (tertiary/aromatic N) is 2. The lowest BCUT2D eigenvalue weighted by Crippen LogP contribution is -2.45. The predicted molar refractivity (Wildman–Crippen MR) is 139 cm³/mol. The monoisotopic (exact) mass is 532 g/mol. The van der Waals surface area contributed by atoms with Crippen LogP contribution in [0.5, 0.6) is 0 Å². The van der Waals surface area contributed by atoms with Gasteiger partial charge in [-0.15, -0.1) is 24.0 Å². The average Bonchev–Trinajstić information content (AvgIpc) is 2.62. The number of hydrogen-bond acceptors (Lipinski definition) is 3. The molecule has 1 aromatic carbocycles. The summed E-state index contributed by atoms with van der Waals surface area (Å²) in [4.78, 5) is 18.9. The van der Waals surface area contributed by atoms with Gasteiger partial charge in [-0.25, -0.2) is 9.79 Å². The molecule has 0 bridgehead atoms. The highest BCUT2D eigenvalue weighted by Crippen LogP contribution is 2.10. The van der Waals surface area contributed by atoms with E-state index in [0.717, 1.165) is 36.8 Å². The lowest BCUT2D eigenvalue weighted by Gasteiger charge is -2.30. The summed E-state index contributed by atoms with van der Waals surface area (Å²) >= 11 is 0. The van der Waals surface area contributed by atoms with E-state index in [0.29, 0.717) is 18.6 Å². The zero-order valence-corrected chi connectivity index (χ0v) is 21.9. The van der Waals surface area contributed by atoms with Gasteiger partial charge in [0.1, 0.15) is 0 Å². The third-order valence-corrected chi connectivity index (χ3v) is 4.38. The van der Waals surface area contributed by atoms with Crippen LogP contribution in [0.2, 0.25) is 0 Å². The number of urea groups is 1. The molecular weight excluding hydrogens is 491 g/mol.